The molecule has 0 atom stereocenters. The number of likely N-dealkylation sites (tertiary alicyclic amines) is 1. The molecule has 3 heteroatoms. The minimum atomic E-state index is -0.839. The molecule has 1 rings (SSSR count). The molecule has 0 aromatic carbocycles. The predicted molar refractivity (Wildman–Crippen MR) is 41.0 cm³/mol. The lowest BCUT2D eigenvalue weighted by atomic mass is 9.99. The number of amides is 1. The Balaban J connectivity index is 2.33. The quantitative estimate of drug-likeness (QED) is 0.563. The Morgan fingerprint density at radius 3 is 2.55 bits per heavy atom. The standard InChI is InChI=1S/C8H14FNO/c1-7-2-4-10(5-3-7)8(11)6-9/h7H,2-6H2,1H3. The first-order chi connectivity index (χ1) is 5.24. The zero-order chi connectivity index (χ0) is 8.27. The monoisotopic (exact) mass is 159 g/mol. The van der Waals surface area contributed by atoms with Gasteiger partial charge < -0.3 is 4.90 Å². The molecule has 0 spiro atoms. The van der Waals surface area contributed by atoms with Crippen LogP contribution in [0.4, 0.5) is 4.39 Å². The van der Waals surface area contributed by atoms with Gasteiger partial charge in [-0.3, -0.25) is 4.79 Å². The van der Waals surface area contributed by atoms with E-state index in [1.807, 2.05) is 0 Å². The van der Waals surface area contributed by atoms with Crippen LogP contribution in [0.1, 0.15) is 19.8 Å². The van der Waals surface area contributed by atoms with Gasteiger partial charge in [0.2, 0.25) is 0 Å². The lowest BCUT2D eigenvalue weighted by Gasteiger charge is -2.29. The largest absolute Gasteiger partial charge is 0.340 e. The normalized spacial score (nSPS) is 20.4. The van der Waals surface area contributed by atoms with Crippen LogP contribution in [0.15, 0.2) is 0 Å². The first kappa shape index (κ1) is 8.50. The maximum Gasteiger partial charge on any atom is 0.253 e. The highest BCUT2D eigenvalue weighted by molar-refractivity contribution is 5.77. The molecule has 1 heterocycles. The summed E-state index contributed by atoms with van der Waals surface area (Å²) in [5, 5.41) is 0. The number of rotatable bonds is 1. The molecule has 0 N–H and O–H groups in total. The molecule has 0 unspecified atom stereocenters. The van der Waals surface area contributed by atoms with E-state index in [0.717, 1.165) is 25.9 Å². The highest BCUT2D eigenvalue weighted by Crippen LogP contribution is 2.15. The fourth-order valence-electron chi connectivity index (χ4n) is 1.34. The average molecular weight is 159 g/mol. The highest BCUT2D eigenvalue weighted by Gasteiger charge is 2.19. The van der Waals surface area contributed by atoms with Crippen LogP contribution >= 0.6 is 0 Å². The Kier molecular flexibility index (Phi) is 2.85. The van der Waals surface area contributed by atoms with Crippen molar-refractivity contribution in [2.75, 3.05) is 19.8 Å². The Labute approximate surface area is 66.4 Å². The van der Waals surface area contributed by atoms with Crippen molar-refractivity contribution in [3.8, 4) is 0 Å². The predicted octanol–water partition coefficient (Wildman–Crippen LogP) is 1.21. The average Bonchev–Trinajstić information content (AvgIpc) is 2.05. The van der Waals surface area contributed by atoms with Gasteiger partial charge >= 0.3 is 0 Å². The van der Waals surface area contributed by atoms with Crippen molar-refractivity contribution in [3.05, 3.63) is 0 Å². The first-order valence-corrected chi connectivity index (χ1v) is 4.07. The second kappa shape index (κ2) is 3.69. The summed E-state index contributed by atoms with van der Waals surface area (Å²) in [6.45, 7) is 2.81. The summed E-state index contributed by atoms with van der Waals surface area (Å²) in [6.07, 6.45) is 2.04. The molecular formula is C8H14FNO. The van der Waals surface area contributed by atoms with E-state index in [1.54, 1.807) is 4.90 Å². The number of hydrogen-bond donors (Lipinski definition) is 0. The summed E-state index contributed by atoms with van der Waals surface area (Å²) >= 11 is 0. The molecule has 0 radical (unpaired) electrons. The first-order valence-electron chi connectivity index (χ1n) is 4.07. The van der Waals surface area contributed by atoms with Crippen molar-refractivity contribution < 1.29 is 9.18 Å². The Hall–Kier alpha value is -0.600. The van der Waals surface area contributed by atoms with Crippen molar-refractivity contribution in [1.29, 1.82) is 0 Å². The molecule has 0 aromatic rings. The van der Waals surface area contributed by atoms with Crippen molar-refractivity contribution >= 4 is 5.91 Å². The topological polar surface area (TPSA) is 20.3 Å². The van der Waals surface area contributed by atoms with Gasteiger partial charge in [-0.15, -0.1) is 0 Å². The van der Waals surface area contributed by atoms with Gasteiger partial charge in [-0.05, 0) is 18.8 Å². The number of nitrogens with zero attached hydrogens (tertiary/aromatic N) is 1. The third-order valence-electron chi connectivity index (χ3n) is 2.25. The molecule has 2 nitrogen and oxygen atoms in total. The minimum absolute atomic E-state index is 0.350. The van der Waals surface area contributed by atoms with Crippen LogP contribution in [-0.4, -0.2) is 30.6 Å². The minimum Gasteiger partial charge on any atom is -0.340 e. The summed E-state index contributed by atoms with van der Waals surface area (Å²) in [4.78, 5) is 12.4. The van der Waals surface area contributed by atoms with Crippen molar-refractivity contribution in [3.63, 3.8) is 0 Å². The zero-order valence-corrected chi connectivity index (χ0v) is 6.85. The Bertz CT molecular complexity index is 141. The number of halogens is 1. The third-order valence-corrected chi connectivity index (χ3v) is 2.25. The van der Waals surface area contributed by atoms with Crippen molar-refractivity contribution in [1.82, 2.24) is 4.90 Å². The van der Waals surface area contributed by atoms with Crippen LogP contribution in [0.25, 0.3) is 0 Å². The highest BCUT2D eigenvalue weighted by atomic mass is 19.1. The number of hydrogen-bond acceptors (Lipinski definition) is 1. The number of carbonyl (C=O) groups excluding carboxylic acids is 1. The number of piperidine rings is 1. The zero-order valence-electron chi connectivity index (χ0n) is 6.85. The van der Waals surface area contributed by atoms with E-state index in [0.29, 0.717) is 5.92 Å². The van der Waals surface area contributed by atoms with Gasteiger partial charge in [-0.2, -0.15) is 0 Å². The maximum atomic E-state index is 11.9. The fraction of sp³-hybridized carbons (Fsp3) is 0.875. The molecule has 0 bridgehead atoms. The molecule has 1 saturated heterocycles. The van der Waals surface area contributed by atoms with Gasteiger partial charge in [0.25, 0.3) is 5.91 Å². The summed E-state index contributed by atoms with van der Waals surface area (Å²) < 4.78 is 11.9. The summed E-state index contributed by atoms with van der Waals surface area (Å²) in [7, 11) is 0. The maximum absolute atomic E-state index is 11.9. The smallest absolute Gasteiger partial charge is 0.253 e. The number of alkyl halides is 1. The molecule has 1 aliphatic rings. The molecule has 1 amide bonds. The molecule has 0 aliphatic carbocycles. The molecule has 0 saturated carbocycles. The molecular weight excluding hydrogens is 145 g/mol. The van der Waals surface area contributed by atoms with Crippen molar-refractivity contribution in [2.24, 2.45) is 5.92 Å². The second-order valence-electron chi connectivity index (χ2n) is 3.20. The van der Waals surface area contributed by atoms with E-state index in [4.69, 9.17) is 0 Å². The van der Waals surface area contributed by atoms with Gasteiger partial charge in [0.05, 0.1) is 0 Å². The van der Waals surface area contributed by atoms with E-state index in [9.17, 15) is 9.18 Å². The lowest BCUT2D eigenvalue weighted by molar-refractivity contribution is -0.133. The van der Waals surface area contributed by atoms with Crippen LogP contribution in [0.5, 0.6) is 0 Å². The van der Waals surface area contributed by atoms with Gasteiger partial charge in [0, 0.05) is 13.1 Å². The van der Waals surface area contributed by atoms with E-state index in [-0.39, 0.29) is 5.91 Å². The molecule has 64 valence electrons. The summed E-state index contributed by atoms with van der Waals surface area (Å²) in [5.74, 6) is 0.343. The van der Waals surface area contributed by atoms with Gasteiger partial charge in [-0.1, -0.05) is 6.92 Å². The van der Waals surface area contributed by atoms with Gasteiger partial charge in [0.15, 0.2) is 6.67 Å². The van der Waals surface area contributed by atoms with E-state index < -0.39 is 6.67 Å². The van der Waals surface area contributed by atoms with Crippen LogP contribution in [0.3, 0.4) is 0 Å². The number of carbonyl (C=O) groups is 1. The van der Waals surface area contributed by atoms with Crippen LogP contribution < -0.4 is 0 Å². The third kappa shape index (κ3) is 2.17. The Morgan fingerprint density at radius 1 is 1.55 bits per heavy atom. The van der Waals surface area contributed by atoms with E-state index in [1.165, 1.54) is 0 Å². The Morgan fingerprint density at radius 2 is 2.09 bits per heavy atom. The second-order valence-corrected chi connectivity index (χ2v) is 3.20. The molecule has 0 aromatic heterocycles. The summed E-state index contributed by atoms with van der Waals surface area (Å²) in [5.41, 5.74) is 0. The van der Waals surface area contributed by atoms with Crippen LogP contribution in [-0.2, 0) is 4.79 Å². The molecule has 1 aliphatic heterocycles. The summed E-state index contributed by atoms with van der Waals surface area (Å²) in [6, 6.07) is 0. The van der Waals surface area contributed by atoms with Crippen LogP contribution in [0, 0.1) is 5.92 Å². The van der Waals surface area contributed by atoms with Gasteiger partial charge in [-0.25, -0.2) is 4.39 Å². The van der Waals surface area contributed by atoms with Gasteiger partial charge in [0.1, 0.15) is 0 Å². The lowest BCUT2D eigenvalue weighted by Crippen LogP contribution is -2.38. The molecule has 11 heavy (non-hydrogen) atoms. The van der Waals surface area contributed by atoms with E-state index >= 15 is 0 Å². The van der Waals surface area contributed by atoms with Crippen molar-refractivity contribution in [2.45, 2.75) is 19.8 Å². The SMILES string of the molecule is CC1CCN(C(=O)CF)CC1. The molecule has 1 fully saturated rings. The fourth-order valence-corrected chi connectivity index (χ4v) is 1.34. The van der Waals surface area contributed by atoms with Crippen LogP contribution in [0.2, 0.25) is 0 Å². The van der Waals surface area contributed by atoms with E-state index in [2.05, 4.69) is 6.92 Å².